The fraction of sp³-hybridized carbons (Fsp3) is 0.222. The fourth-order valence-electron chi connectivity index (χ4n) is 1.00. The Hall–Kier alpha value is -1.13. The highest BCUT2D eigenvalue weighted by atomic mass is 35.5. The molecule has 1 unspecified atom stereocenters. The van der Waals surface area contributed by atoms with Crippen LogP contribution in [0.2, 0.25) is 10.0 Å². The summed E-state index contributed by atoms with van der Waals surface area (Å²) < 4.78 is 0. The van der Waals surface area contributed by atoms with Crippen LogP contribution in [0.25, 0.3) is 0 Å². The van der Waals surface area contributed by atoms with Gasteiger partial charge in [-0.1, -0.05) is 28.4 Å². The predicted molar refractivity (Wildman–Crippen MR) is 63.0 cm³/mol. The minimum Gasteiger partial charge on any atom is -0.409 e. The molecule has 6 heteroatoms. The highest BCUT2D eigenvalue weighted by molar-refractivity contribution is 6.36. The van der Waals surface area contributed by atoms with E-state index in [0.717, 1.165) is 0 Å². The highest BCUT2D eigenvalue weighted by Gasteiger charge is 2.09. The number of oxime groups is 1. The number of benzene rings is 1. The molecule has 1 aromatic carbocycles. The van der Waals surface area contributed by atoms with E-state index in [1.807, 2.05) is 0 Å². The number of anilines is 1. The van der Waals surface area contributed by atoms with E-state index in [-0.39, 0.29) is 11.9 Å². The molecule has 0 aliphatic rings. The van der Waals surface area contributed by atoms with Crippen molar-refractivity contribution >= 4 is 34.7 Å². The van der Waals surface area contributed by atoms with E-state index in [2.05, 4.69) is 10.5 Å². The van der Waals surface area contributed by atoms with E-state index >= 15 is 0 Å². The van der Waals surface area contributed by atoms with Gasteiger partial charge in [0.1, 0.15) is 0 Å². The molecule has 0 saturated heterocycles. The van der Waals surface area contributed by atoms with E-state index in [0.29, 0.717) is 15.7 Å². The van der Waals surface area contributed by atoms with Gasteiger partial charge in [0.05, 0.1) is 16.8 Å². The Bertz CT molecular complexity index is 382. The highest BCUT2D eigenvalue weighted by Crippen LogP contribution is 2.25. The quantitative estimate of drug-likeness (QED) is 0.333. The molecule has 0 bridgehead atoms. The number of rotatable bonds is 3. The van der Waals surface area contributed by atoms with Gasteiger partial charge in [0, 0.05) is 5.02 Å². The molecule has 1 aromatic rings. The second kappa shape index (κ2) is 5.09. The smallest absolute Gasteiger partial charge is 0.161 e. The third-order valence-electron chi connectivity index (χ3n) is 1.86. The first-order valence-electron chi connectivity index (χ1n) is 4.23. The molecule has 4 N–H and O–H groups in total. The fourth-order valence-corrected chi connectivity index (χ4v) is 1.46. The lowest BCUT2D eigenvalue weighted by Crippen LogP contribution is -2.32. The van der Waals surface area contributed by atoms with Gasteiger partial charge in [-0.25, -0.2) is 0 Å². The van der Waals surface area contributed by atoms with Crippen LogP contribution in [0.1, 0.15) is 6.92 Å². The largest absolute Gasteiger partial charge is 0.409 e. The van der Waals surface area contributed by atoms with Crippen LogP contribution >= 0.6 is 23.2 Å². The van der Waals surface area contributed by atoms with Crippen LogP contribution in [0.3, 0.4) is 0 Å². The monoisotopic (exact) mass is 247 g/mol. The van der Waals surface area contributed by atoms with Crippen LogP contribution in [0.5, 0.6) is 0 Å². The SMILES string of the molecule is CC(Nc1ccc(Cl)cc1Cl)C(N)=NO. The Labute approximate surface area is 97.7 Å². The van der Waals surface area contributed by atoms with Crippen molar-refractivity contribution in [3.8, 4) is 0 Å². The Kier molecular flexibility index (Phi) is 4.05. The normalized spacial score (nSPS) is 13.7. The van der Waals surface area contributed by atoms with Gasteiger partial charge in [-0.3, -0.25) is 0 Å². The molecule has 0 amide bonds. The summed E-state index contributed by atoms with van der Waals surface area (Å²) >= 11 is 11.7. The van der Waals surface area contributed by atoms with E-state index < -0.39 is 0 Å². The van der Waals surface area contributed by atoms with Gasteiger partial charge in [-0.05, 0) is 25.1 Å². The number of halogens is 2. The molecule has 15 heavy (non-hydrogen) atoms. The number of amidine groups is 1. The van der Waals surface area contributed by atoms with Crippen molar-refractivity contribution < 1.29 is 5.21 Å². The first-order chi connectivity index (χ1) is 7.04. The number of nitrogens with zero attached hydrogens (tertiary/aromatic N) is 1. The van der Waals surface area contributed by atoms with Crippen LogP contribution < -0.4 is 11.1 Å². The first-order valence-corrected chi connectivity index (χ1v) is 4.99. The average molecular weight is 248 g/mol. The maximum absolute atomic E-state index is 8.47. The van der Waals surface area contributed by atoms with Gasteiger partial charge in [0.15, 0.2) is 5.84 Å². The second-order valence-electron chi connectivity index (χ2n) is 3.02. The molecule has 82 valence electrons. The van der Waals surface area contributed by atoms with Gasteiger partial charge in [0.25, 0.3) is 0 Å². The summed E-state index contributed by atoms with van der Waals surface area (Å²) in [5.41, 5.74) is 6.09. The minimum absolute atomic E-state index is 0.0843. The molecular weight excluding hydrogens is 237 g/mol. The van der Waals surface area contributed by atoms with E-state index in [1.54, 1.807) is 25.1 Å². The lowest BCUT2D eigenvalue weighted by Gasteiger charge is -2.14. The second-order valence-corrected chi connectivity index (χ2v) is 3.86. The van der Waals surface area contributed by atoms with Crippen molar-refractivity contribution in [1.82, 2.24) is 0 Å². The van der Waals surface area contributed by atoms with Crippen LogP contribution in [0, 0.1) is 0 Å². The third-order valence-corrected chi connectivity index (χ3v) is 2.41. The van der Waals surface area contributed by atoms with Gasteiger partial charge < -0.3 is 16.3 Å². The number of nitrogens with one attached hydrogen (secondary N) is 1. The molecule has 0 aliphatic heterocycles. The Morgan fingerprint density at radius 1 is 1.53 bits per heavy atom. The number of hydrogen-bond donors (Lipinski definition) is 3. The average Bonchev–Trinajstić information content (AvgIpc) is 2.20. The summed E-state index contributed by atoms with van der Waals surface area (Å²) in [6.07, 6.45) is 0. The zero-order valence-corrected chi connectivity index (χ0v) is 9.55. The van der Waals surface area contributed by atoms with E-state index in [9.17, 15) is 0 Å². The molecule has 4 nitrogen and oxygen atoms in total. The summed E-state index contributed by atoms with van der Waals surface area (Å²) in [7, 11) is 0. The molecule has 0 aromatic heterocycles. The summed E-state index contributed by atoms with van der Waals surface area (Å²) in [4.78, 5) is 0. The van der Waals surface area contributed by atoms with Gasteiger partial charge in [-0.15, -0.1) is 0 Å². The van der Waals surface area contributed by atoms with Crippen molar-refractivity contribution in [2.24, 2.45) is 10.9 Å². The van der Waals surface area contributed by atoms with Crippen molar-refractivity contribution in [3.05, 3.63) is 28.2 Å². The maximum atomic E-state index is 8.47. The van der Waals surface area contributed by atoms with Gasteiger partial charge in [-0.2, -0.15) is 0 Å². The molecule has 0 spiro atoms. The third kappa shape index (κ3) is 3.18. The molecule has 0 fully saturated rings. The molecule has 1 atom stereocenters. The summed E-state index contributed by atoms with van der Waals surface area (Å²) in [6, 6.07) is 4.74. The lowest BCUT2D eigenvalue weighted by molar-refractivity contribution is 0.316. The van der Waals surface area contributed by atoms with E-state index in [4.69, 9.17) is 34.1 Å². The Balaban J connectivity index is 2.81. The Morgan fingerprint density at radius 2 is 2.20 bits per heavy atom. The minimum atomic E-state index is -0.311. The molecule has 0 aliphatic carbocycles. The van der Waals surface area contributed by atoms with Crippen molar-refractivity contribution in [1.29, 1.82) is 0 Å². The van der Waals surface area contributed by atoms with Gasteiger partial charge in [0.2, 0.25) is 0 Å². The summed E-state index contributed by atoms with van der Waals surface area (Å²) in [5, 5.41) is 15.4. The first kappa shape index (κ1) is 11.9. The summed E-state index contributed by atoms with van der Waals surface area (Å²) in [5.74, 6) is 0.0843. The molecule has 0 saturated carbocycles. The van der Waals surface area contributed by atoms with Crippen molar-refractivity contribution in [2.75, 3.05) is 5.32 Å². The van der Waals surface area contributed by atoms with Crippen LogP contribution in [-0.2, 0) is 0 Å². The standard InChI is InChI=1S/C9H11Cl2N3O/c1-5(9(12)14-15)13-8-3-2-6(10)4-7(8)11/h2-5,13,15H,1H3,(H2,12,14). The topological polar surface area (TPSA) is 70.6 Å². The zero-order valence-electron chi connectivity index (χ0n) is 8.04. The van der Waals surface area contributed by atoms with Crippen LogP contribution in [-0.4, -0.2) is 17.1 Å². The Morgan fingerprint density at radius 3 is 2.73 bits per heavy atom. The maximum Gasteiger partial charge on any atom is 0.161 e. The van der Waals surface area contributed by atoms with E-state index in [1.165, 1.54) is 0 Å². The predicted octanol–water partition coefficient (Wildman–Crippen LogP) is 2.54. The molecule has 0 radical (unpaired) electrons. The number of hydrogen-bond acceptors (Lipinski definition) is 3. The molecular formula is C9H11Cl2N3O. The van der Waals surface area contributed by atoms with Crippen molar-refractivity contribution in [3.63, 3.8) is 0 Å². The zero-order chi connectivity index (χ0) is 11.4. The lowest BCUT2D eigenvalue weighted by atomic mass is 10.2. The summed E-state index contributed by atoms with van der Waals surface area (Å²) in [6.45, 7) is 1.75. The molecule has 0 heterocycles. The van der Waals surface area contributed by atoms with Crippen LogP contribution in [0.4, 0.5) is 5.69 Å². The van der Waals surface area contributed by atoms with Crippen LogP contribution in [0.15, 0.2) is 23.4 Å². The van der Waals surface area contributed by atoms with Gasteiger partial charge >= 0.3 is 0 Å². The molecule has 1 rings (SSSR count). The van der Waals surface area contributed by atoms with Crippen molar-refractivity contribution in [2.45, 2.75) is 13.0 Å². The number of nitrogens with two attached hydrogens (primary N) is 1.